The molecule has 0 aliphatic carbocycles. The summed E-state index contributed by atoms with van der Waals surface area (Å²) in [5.41, 5.74) is 1.37. The minimum Gasteiger partial charge on any atom is -0.357 e. The van der Waals surface area contributed by atoms with Gasteiger partial charge < -0.3 is 15.2 Å². The number of imidazole rings is 1. The average Bonchev–Trinajstić information content (AvgIpc) is 3.06. The average molecular weight is 427 g/mol. The highest BCUT2D eigenvalue weighted by atomic mass is 127. The van der Waals surface area contributed by atoms with Gasteiger partial charge in [0.25, 0.3) is 0 Å². The maximum Gasteiger partial charge on any atom is 0.191 e. The number of aliphatic imine (C=N–C) groups is 1. The zero-order valence-electron chi connectivity index (χ0n) is 13.6. The molecule has 0 fully saturated rings. The number of rotatable bonds is 8. The molecule has 0 unspecified atom stereocenters. The first-order chi connectivity index (χ1) is 10.9. The van der Waals surface area contributed by atoms with E-state index < -0.39 is 0 Å². The summed E-state index contributed by atoms with van der Waals surface area (Å²) < 4.78 is 2.05. The third kappa shape index (κ3) is 8.01. The van der Waals surface area contributed by atoms with Crippen molar-refractivity contribution < 1.29 is 0 Å². The molecule has 1 aromatic heterocycles. The van der Waals surface area contributed by atoms with Crippen LogP contribution in [0.2, 0.25) is 0 Å². The molecule has 2 N–H and O–H groups in total. The number of halogens is 1. The van der Waals surface area contributed by atoms with Crippen molar-refractivity contribution in [2.45, 2.75) is 26.3 Å². The maximum absolute atomic E-state index is 4.62. The van der Waals surface area contributed by atoms with Crippen LogP contribution in [0.1, 0.15) is 18.9 Å². The predicted molar refractivity (Wildman–Crippen MR) is 106 cm³/mol. The molecule has 5 nitrogen and oxygen atoms in total. The summed E-state index contributed by atoms with van der Waals surface area (Å²) in [5, 5.41) is 6.62. The Kier molecular flexibility index (Phi) is 10.1. The molecule has 6 heteroatoms. The van der Waals surface area contributed by atoms with E-state index in [1.54, 1.807) is 6.20 Å². The normalized spacial score (nSPS) is 10.9. The Balaban J connectivity index is 0.00000264. The number of hydrogen-bond acceptors (Lipinski definition) is 2. The third-order valence-electron chi connectivity index (χ3n) is 3.30. The first-order valence-corrected chi connectivity index (χ1v) is 7.90. The minimum atomic E-state index is 0. The molecular formula is C17H26IN5. The molecule has 1 heterocycles. The molecule has 0 saturated carbocycles. The molecule has 0 radical (unpaired) electrons. The van der Waals surface area contributed by atoms with Crippen molar-refractivity contribution in [3.63, 3.8) is 0 Å². The van der Waals surface area contributed by atoms with Gasteiger partial charge in [-0.15, -0.1) is 24.0 Å². The number of aromatic nitrogens is 2. The van der Waals surface area contributed by atoms with Crippen LogP contribution >= 0.6 is 24.0 Å². The van der Waals surface area contributed by atoms with Crippen molar-refractivity contribution in [2.75, 3.05) is 19.6 Å². The van der Waals surface area contributed by atoms with Crippen molar-refractivity contribution in [1.29, 1.82) is 0 Å². The first kappa shape index (κ1) is 19.5. The number of aryl methyl sites for hydroxylation is 1. The van der Waals surface area contributed by atoms with E-state index in [0.29, 0.717) is 0 Å². The van der Waals surface area contributed by atoms with Crippen molar-refractivity contribution >= 4 is 29.9 Å². The van der Waals surface area contributed by atoms with Crippen LogP contribution in [0.3, 0.4) is 0 Å². The van der Waals surface area contributed by atoms with E-state index >= 15 is 0 Å². The van der Waals surface area contributed by atoms with E-state index in [4.69, 9.17) is 0 Å². The van der Waals surface area contributed by atoms with E-state index in [-0.39, 0.29) is 24.0 Å². The van der Waals surface area contributed by atoms with Gasteiger partial charge in [-0.1, -0.05) is 30.3 Å². The Morgan fingerprint density at radius 2 is 2.04 bits per heavy atom. The second-order valence-electron chi connectivity index (χ2n) is 5.08. The molecule has 126 valence electrons. The Hall–Kier alpha value is -1.57. The topological polar surface area (TPSA) is 54.2 Å². The monoisotopic (exact) mass is 427 g/mol. The van der Waals surface area contributed by atoms with Crippen LogP contribution < -0.4 is 10.6 Å². The fraction of sp³-hybridized carbons (Fsp3) is 0.412. The van der Waals surface area contributed by atoms with Crippen LogP contribution in [-0.2, 0) is 13.0 Å². The van der Waals surface area contributed by atoms with E-state index in [1.807, 2.05) is 17.1 Å². The van der Waals surface area contributed by atoms with Crippen LogP contribution in [-0.4, -0.2) is 35.1 Å². The first-order valence-electron chi connectivity index (χ1n) is 7.90. The lowest BCUT2D eigenvalue weighted by Crippen LogP contribution is -2.38. The molecule has 0 atom stereocenters. The third-order valence-corrected chi connectivity index (χ3v) is 3.30. The molecule has 0 aliphatic heterocycles. The molecular weight excluding hydrogens is 401 g/mol. The van der Waals surface area contributed by atoms with Gasteiger partial charge in [0.15, 0.2) is 5.96 Å². The van der Waals surface area contributed by atoms with Gasteiger partial charge in [0.2, 0.25) is 0 Å². The summed E-state index contributed by atoms with van der Waals surface area (Å²) in [4.78, 5) is 8.65. The van der Waals surface area contributed by atoms with E-state index in [9.17, 15) is 0 Å². The van der Waals surface area contributed by atoms with Crippen molar-refractivity contribution in [2.24, 2.45) is 4.99 Å². The smallest absolute Gasteiger partial charge is 0.191 e. The summed E-state index contributed by atoms with van der Waals surface area (Å²) in [7, 11) is 0. The van der Waals surface area contributed by atoms with Gasteiger partial charge in [-0.2, -0.15) is 0 Å². The lowest BCUT2D eigenvalue weighted by Gasteiger charge is -2.11. The standard InChI is InChI=1S/C17H25N5.HI/c1-2-19-17(21-12-14-22-13-11-18-15-22)20-10-6-9-16-7-4-3-5-8-16;/h3-5,7-8,11,13,15H,2,6,9-10,12,14H2,1H3,(H2,19,20,21);1H. The van der Waals surface area contributed by atoms with Crippen molar-refractivity contribution in [1.82, 2.24) is 20.2 Å². The largest absolute Gasteiger partial charge is 0.357 e. The summed E-state index contributed by atoms with van der Waals surface area (Å²) in [5.74, 6) is 0.885. The SMILES string of the molecule is CCNC(=NCCCc1ccccc1)NCCn1ccnc1.I. The highest BCUT2D eigenvalue weighted by molar-refractivity contribution is 14.0. The molecule has 0 aliphatic rings. The predicted octanol–water partition coefficient (Wildman–Crippen LogP) is 2.69. The van der Waals surface area contributed by atoms with Crippen LogP contribution in [0.25, 0.3) is 0 Å². The lowest BCUT2D eigenvalue weighted by atomic mass is 10.1. The molecule has 2 aromatic rings. The number of nitrogens with zero attached hydrogens (tertiary/aromatic N) is 3. The van der Waals surface area contributed by atoms with Crippen molar-refractivity contribution in [3.8, 4) is 0 Å². The molecule has 0 bridgehead atoms. The van der Waals surface area contributed by atoms with Crippen LogP contribution in [0.4, 0.5) is 0 Å². The second-order valence-corrected chi connectivity index (χ2v) is 5.08. The Morgan fingerprint density at radius 1 is 1.22 bits per heavy atom. The lowest BCUT2D eigenvalue weighted by molar-refractivity contribution is 0.661. The Labute approximate surface area is 155 Å². The molecule has 0 saturated heterocycles. The van der Waals surface area contributed by atoms with Crippen LogP contribution in [0.5, 0.6) is 0 Å². The minimum absolute atomic E-state index is 0. The van der Waals surface area contributed by atoms with Gasteiger partial charge in [-0.3, -0.25) is 4.99 Å². The summed E-state index contributed by atoms with van der Waals surface area (Å²) in [6, 6.07) is 10.5. The van der Waals surface area contributed by atoms with Gasteiger partial charge >= 0.3 is 0 Å². The van der Waals surface area contributed by atoms with Gasteiger partial charge in [0.05, 0.1) is 6.33 Å². The Morgan fingerprint density at radius 3 is 2.74 bits per heavy atom. The highest BCUT2D eigenvalue weighted by Gasteiger charge is 1.97. The molecule has 2 rings (SSSR count). The van der Waals surface area contributed by atoms with Crippen molar-refractivity contribution in [3.05, 3.63) is 54.6 Å². The highest BCUT2D eigenvalue weighted by Crippen LogP contribution is 2.02. The number of guanidine groups is 1. The Bertz CT molecular complexity index is 539. The summed E-state index contributed by atoms with van der Waals surface area (Å²) in [6.07, 6.45) is 7.71. The van der Waals surface area contributed by atoms with E-state index in [1.165, 1.54) is 5.56 Å². The molecule has 0 amide bonds. The quantitative estimate of drug-likeness (QED) is 0.295. The van der Waals surface area contributed by atoms with Crippen LogP contribution in [0, 0.1) is 0 Å². The number of benzene rings is 1. The maximum atomic E-state index is 4.62. The van der Waals surface area contributed by atoms with Crippen LogP contribution in [0.15, 0.2) is 54.0 Å². The number of nitrogens with one attached hydrogen (secondary N) is 2. The summed E-state index contributed by atoms with van der Waals surface area (Å²) >= 11 is 0. The van der Waals surface area contributed by atoms with E-state index in [0.717, 1.165) is 45.0 Å². The fourth-order valence-corrected chi connectivity index (χ4v) is 2.18. The molecule has 1 aromatic carbocycles. The molecule has 0 spiro atoms. The van der Waals surface area contributed by atoms with Gasteiger partial charge in [-0.25, -0.2) is 4.98 Å². The van der Waals surface area contributed by atoms with Gasteiger partial charge in [0.1, 0.15) is 0 Å². The zero-order valence-corrected chi connectivity index (χ0v) is 15.9. The zero-order chi connectivity index (χ0) is 15.5. The molecule has 23 heavy (non-hydrogen) atoms. The fourth-order valence-electron chi connectivity index (χ4n) is 2.18. The second kappa shape index (κ2) is 11.9. The van der Waals surface area contributed by atoms with Gasteiger partial charge in [-0.05, 0) is 25.3 Å². The van der Waals surface area contributed by atoms with E-state index in [2.05, 4.69) is 57.9 Å². The van der Waals surface area contributed by atoms with Gasteiger partial charge in [0, 0.05) is 38.6 Å². The number of hydrogen-bond donors (Lipinski definition) is 2. The summed E-state index contributed by atoms with van der Waals surface area (Å²) in [6.45, 7) is 5.50.